The lowest BCUT2D eigenvalue weighted by Crippen LogP contribution is -2.39. The largest absolute Gasteiger partial charge is 0.339 e. The minimum atomic E-state index is -0.0147. The molecule has 0 atom stereocenters. The topological polar surface area (TPSA) is 67.2 Å². The third-order valence-corrected chi connectivity index (χ3v) is 6.89. The highest BCUT2D eigenvalue weighted by Gasteiger charge is 2.28. The molecule has 1 aliphatic rings. The molecule has 3 aromatic carbocycles. The number of aryl methyl sites for hydroxylation is 2. The van der Waals surface area contributed by atoms with Crippen LogP contribution in [0.15, 0.2) is 85.1 Å². The van der Waals surface area contributed by atoms with Gasteiger partial charge in [-0.2, -0.15) is 5.10 Å². The molecule has 0 aliphatic carbocycles. The summed E-state index contributed by atoms with van der Waals surface area (Å²) in [5.41, 5.74) is 6.22. The van der Waals surface area contributed by atoms with Crippen molar-refractivity contribution in [1.82, 2.24) is 14.7 Å². The zero-order chi connectivity index (χ0) is 25.8. The van der Waals surface area contributed by atoms with Crippen LogP contribution in [0.3, 0.4) is 0 Å². The maximum absolute atomic E-state index is 13.7. The zero-order valence-corrected chi connectivity index (χ0v) is 21.4. The number of amides is 2. The Balaban J connectivity index is 1.26. The first-order valence-electron chi connectivity index (χ1n) is 12.8. The second-order valence-electron chi connectivity index (χ2n) is 9.90. The smallest absolute Gasteiger partial charge is 0.257 e. The van der Waals surface area contributed by atoms with Gasteiger partial charge in [-0.25, -0.2) is 4.68 Å². The Morgan fingerprint density at radius 3 is 2.16 bits per heavy atom. The summed E-state index contributed by atoms with van der Waals surface area (Å²) in [6.45, 7) is 5.32. The van der Waals surface area contributed by atoms with Gasteiger partial charge in [0.25, 0.3) is 5.91 Å². The Hall–Kier alpha value is -4.19. The molecule has 1 saturated heterocycles. The molecule has 1 fully saturated rings. The van der Waals surface area contributed by atoms with Gasteiger partial charge in [-0.1, -0.05) is 54.6 Å². The molecule has 6 heteroatoms. The Morgan fingerprint density at radius 2 is 1.51 bits per heavy atom. The van der Waals surface area contributed by atoms with E-state index in [0.717, 1.165) is 40.9 Å². The van der Waals surface area contributed by atoms with Gasteiger partial charge >= 0.3 is 0 Å². The number of nitrogens with one attached hydrogen (secondary N) is 1. The van der Waals surface area contributed by atoms with Crippen molar-refractivity contribution < 1.29 is 9.59 Å². The van der Waals surface area contributed by atoms with Gasteiger partial charge in [-0.3, -0.25) is 9.59 Å². The van der Waals surface area contributed by atoms with Crippen LogP contribution >= 0.6 is 0 Å². The van der Waals surface area contributed by atoms with Crippen LogP contribution < -0.4 is 5.32 Å². The number of carbonyl (C=O) groups excluding carboxylic acids is 2. The molecule has 6 nitrogen and oxygen atoms in total. The molecular weight excluding hydrogens is 460 g/mol. The van der Waals surface area contributed by atoms with Crippen molar-refractivity contribution in [2.75, 3.05) is 18.4 Å². The summed E-state index contributed by atoms with van der Waals surface area (Å²) in [5, 5.41) is 7.83. The second kappa shape index (κ2) is 10.8. The molecule has 5 rings (SSSR count). The maximum Gasteiger partial charge on any atom is 0.257 e. The molecule has 2 heterocycles. The number of hydrogen-bond donors (Lipinski definition) is 1. The molecular formula is C31H32N4O2. The van der Waals surface area contributed by atoms with E-state index in [0.29, 0.717) is 30.8 Å². The highest BCUT2D eigenvalue weighted by molar-refractivity contribution is 6.00. The average Bonchev–Trinajstić information content (AvgIpc) is 3.35. The number of para-hydroxylation sites is 1. The van der Waals surface area contributed by atoms with Crippen molar-refractivity contribution in [2.24, 2.45) is 5.92 Å². The number of benzene rings is 3. The van der Waals surface area contributed by atoms with Crippen molar-refractivity contribution in [2.45, 2.75) is 33.1 Å². The molecule has 4 aromatic rings. The first-order chi connectivity index (χ1) is 18.0. The van der Waals surface area contributed by atoms with Gasteiger partial charge in [-0.05, 0) is 68.0 Å². The minimum Gasteiger partial charge on any atom is -0.339 e. The van der Waals surface area contributed by atoms with E-state index < -0.39 is 0 Å². The lowest BCUT2D eigenvalue weighted by molar-refractivity contribution is -0.117. The highest BCUT2D eigenvalue weighted by atomic mass is 16.2. The Kier molecular flexibility index (Phi) is 7.17. The van der Waals surface area contributed by atoms with E-state index in [2.05, 4.69) is 11.4 Å². The molecule has 0 unspecified atom stereocenters. The molecule has 2 amide bonds. The van der Waals surface area contributed by atoms with Gasteiger partial charge in [-0.15, -0.1) is 0 Å². The van der Waals surface area contributed by atoms with E-state index in [1.54, 1.807) is 4.68 Å². The van der Waals surface area contributed by atoms with Crippen LogP contribution in [0.4, 0.5) is 5.69 Å². The minimum absolute atomic E-state index is 0.0147. The second-order valence-corrected chi connectivity index (χ2v) is 9.90. The number of carbonyl (C=O) groups is 2. The SMILES string of the molecule is Cc1cc(C)cc(NC(=O)CC2CCN(C(=O)c3cn(-c4ccccc4)nc3-c3ccccc3)CC2)c1. The Morgan fingerprint density at radius 1 is 0.892 bits per heavy atom. The third kappa shape index (κ3) is 5.80. The van der Waals surface area contributed by atoms with Crippen LogP contribution in [0.5, 0.6) is 0 Å². The van der Waals surface area contributed by atoms with Crippen LogP contribution in [-0.2, 0) is 4.79 Å². The summed E-state index contributed by atoms with van der Waals surface area (Å²) in [7, 11) is 0. The number of likely N-dealkylation sites (tertiary alicyclic amines) is 1. The van der Waals surface area contributed by atoms with Gasteiger partial charge < -0.3 is 10.2 Å². The zero-order valence-electron chi connectivity index (χ0n) is 21.4. The van der Waals surface area contributed by atoms with Crippen molar-refractivity contribution in [3.05, 3.63) is 102 Å². The quantitative estimate of drug-likeness (QED) is 0.357. The van der Waals surface area contributed by atoms with Crippen molar-refractivity contribution in [1.29, 1.82) is 0 Å². The summed E-state index contributed by atoms with van der Waals surface area (Å²) >= 11 is 0. The number of anilines is 1. The lowest BCUT2D eigenvalue weighted by atomic mass is 9.92. The average molecular weight is 493 g/mol. The monoisotopic (exact) mass is 492 g/mol. The Bertz CT molecular complexity index is 1370. The van der Waals surface area contributed by atoms with Gasteiger partial charge in [0.2, 0.25) is 5.91 Å². The number of aromatic nitrogens is 2. The van der Waals surface area contributed by atoms with Gasteiger partial charge in [0.15, 0.2) is 0 Å². The van der Waals surface area contributed by atoms with Crippen molar-refractivity contribution in [3.8, 4) is 16.9 Å². The van der Waals surface area contributed by atoms with Crippen LogP contribution in [0.1, 0.15) is 40.7 Å². The lowest BCUT2D eigenvalue weighted by Gasteiger charge is -2.31. The third-order valence-electron chi connectivity index (χ3n) is 6.89. The summed E-state index contributed by atoms with van der Waals surface area (Å²) in [6.07, 6.45) is 3.92. The number of hydrogen-bond acceptors (Lipinski definition) is 3. The highest BCUT2D eigenvalue weighted by Crippen LogP contribution is 2.28. The summed E-state index contributed by atoms with van der Waals surface area (Å²) < 4.78 is 1.78. The van der Waals surface area contributed by atoms with E-state index in [-0.39, 0.29) is 17.7 Å². The van der Waals surface area contributed by atoms with Crippen LogP contribution in [0.2, 0.25) is 0 Å². The van der Waals surface area contributed by atoms with Gasteiger partial charge in [0.05, 0.1) is 11.3 Å². The van der Waals surface area contributed by atoms with E-state index in [9.17, 15) is 9.59 Å². The van der Waals surface area contributed by atoms with Crippen molar-refractivity contribution in [3.63, 3.8) is 0 Å². The van der Waals surface area contributed by atoms with E-state index in [4.69, 9.17) is 5.10 Å². The Labute approximate surface area is 217 Å². The molecule has 0 saturated carbocycles. The first-order valence-corrected chi connectivity index (χ1v) is 12.8. The normalized spacial score (nSPS) is 13.9. The predicted octanol–water partition coefficient (Wildman–Crippen LogP) is 6.04. The molecule has 0 radical (unpaired) electrons. The summed E-state index contributed by atoms with van der Waals surface area (Å²) in [6, 6.07) is 25.7. The van der Waals surface area contributed by atoms with Crippen LogP contribution in [0, 0.1) is 19.8 Å². The van der Waals surface area contributed by atoms with Crippen LogP contribution in [-0.4, -0.2) is 39.6 Å². The predicted molar refractivity (Wildman–Crippen MR) is 147 cm³/mol. The standard InChI is InChI=1S/C31H32N4O2/c1-22-17-23(2)19-26(18-22)32-29(36)20-24-13-15-34(16-14-24)31(37)28-21-35(27-11-7-4-8-12-27)33-30(28)25-9-5-3-6-10-25/h3-12,17-19,21,24H,13-16,20H2,1-2H3,(H,32,36). The van der Waals surface area contributed by atoms with Gasteiger partial charge in [0.1, 0.15) is 5.69 Å². The number of nitrogens with zero attached hydrogens (tertiary/aromatic N) is 3. The summed E-state index contributed by atoms with van der Waals surface area (Å²) in [5.74, 6) is 0.278. The first kappa shape index (κ1) is 24.5. The fourth-order valence-electron chi connectivity index (χ4n) is 5.08. The molecule has 188 valence electrons. The fraction of sp³-hybridized carbons (Fsp3) is 0.258. The van der Waals surface area contributed by atoms with Crippen LogP contribution in [0.25, 0.3) is 16.9 Å². The van der Waals surface area contributed by atoms with Gasteiger partial charge in [0, 0.05) is 37.0 Å². The molecule has 1 aliphatic heterocycles. The van der Waals surface area contributed by atoms with E-state index in [1.807, 2.05) is 97.7 Å². The molecule has 0 bridgehead atoms. The van der Waals surface area contributed by atoms with E-state index in [1.165, 1.54) is 0 Å². The summed E-state index contributed by atoms with van der Waals surface area (Å²) in [4.78, 5) is 28.2. The molecule has 37 heavy (non-hydrogen) atoms. The fourth-order valence-corrected chi connectivity index (χ4v) is 5.08. The van der Waals surface area contributed by atoms with E-state index >= 15 is 0 Å². The molecule has 0 spiro atoms. The maximum atomic E-state index is 13.7. The van der Waals surface area contributed by atoms with Crippen molar-refractivity contribution >= 4 is 17.5 Å². The molecule has 1 aromatic heterocycles. The molecule has 1 N–H and O–H groups in total. The number of rotatable bonds is 6. The number of piperidine rings is 1.